The predicted molar refractivity (Wildman–Crippen MR) is 194 cm³/mol. The Balaban J connectivity index is 1.24. The van der Waals surface area contributed by atoms with E-state index >= 15 is 0 Å². The molecule has 0 unspecified atom stereocenters. The fourth-order valence-electron chi connectivity index (χ4n) is 6.98. The van der Waals surface area contributed by atoms with Crippen molar-refractivity contribution < 1.29 is 9.59 Å². The van der Waals surface area contributed by atoms with Crippen molar-refractivity contribution in [2.24, 2.45) is 0 Å². The first kappa shape index (κ1) is 32.9. The molecule has 0 fully saturated rings. The quantitative estimate of drug-likeness (QED) is 0.0710. The lowest BCUT2D eigenvalue weighted by Crippen LogP contribution is -1.99. The average molecular weight is 604 g/mol. The van der Waals surface area contributed by atoms with Gasteiger partial charge in [-0.25, -0.2) is 0 Å². The number of aromatic nitrogens is 1. The van der Waals surface area contributed by atoms with Gasteiger partial charge in [-0.3, -0.25) is 9.59 Å². The number of aromatic amines is 1. The summed E-state index contributed by atoms with van der Waals surface area (Å²) in [7, 11) is 0. The van der Waals surface area contributed by atoms with Crippen molar-refractivity contribution in [1.29, 1.82) is 0 Å². The van der Waals surface area contributed by atoms with Gasteiger partial charge in [0.1, 0.15) is 0 Å². The lowest BCUT2D eigenvalue weighted by molar-refractivity contribution is 0.0971. The summed E-state index contributed by atoms with van der Waals surface area (Å²) in [6.07, 6.45) is 21.1. The Morgan fingerprint density at radius 2 is 0.800 bits per heavy atom. The zero-order valence-electron chi connectivity index (χ0n) is 27.8. The molecule has 3 nitrogen and oxygen atoms in total. The lowest BCUT2D eigenvalue weighted by atomic mass is 9.98. The van der Waals surface area contributed by atoms with Crippen LogP contribution in [0, 0.1) is 0 Å². The van der Waals surface area contributed by atoms with E-state index < -0.39 is 0 Å². The molecule has 0 aliphatic carbocycles. The van der Waals surface area contributed by atoms with Crippen LogP contribution in [0.4, 0.5) is 0 Å². The molecule has 0 amide bonds. The smallest absolute Gasteiger partial charge is 0.162 e. The molecule has 5 rings (SSSR count). The Morgan fingerprint density at radius 1 is 0.444 bits per heavy atom. The van der Waals surface area contributed by atoms with Gasteiger partial charge in [-0.1, -0.05) is 152 Å². The number of benzene rings is 4. The Kier molecular flexibility index (Phi) is 12.2. The molecule has 0 atom stereocenters. The molecule has 0 saturated carbocycles. The Hall–Kier alpha value is -3.46. The van der Waals surface area contributed by atoms with Gasteiger partial charge in [0, 0.05) is 45.5 Å². The fourth-order valence-corrected chi connectivity index (χ4v) is 6.98. The molecule has 238 valence electrons. The third kappa shape index (κ3) is 8.43. The first-order chi connectivity index (χ1) is 22.1. The van der Waals surface area contributed by atoms with Gasteiger partial charge < -0.3 is 4.98 Å². The molecule has 1 N–H and O–H groups in total. The molecule has 0 saturated heterocycles. The molecular weight excluding hydrogens is 550 g/mol. The van der Waals surface area contributed by atoms with Crippen molar-refractivity contribution in [1.82, 2.24) is 4.98 Å². The highest BCUT2D eigenvalue weighted by Crippen LogP contribution is 2.35. The van der Waals surface area contributed by atoms with Crippen LogP contribution in [0.15, 0.2) is 60.7 Å². The van der Waals surface area contributed by atoms with E-state index in [4.69, 9.17) is 0 Å². The second-order valence-corrected chi connectivity index (χ2v) is 13.3. The number of ketones is 2. The van der Waals surface area contributed by atoms with Crippen LogP contribution < -0.4 is 0 Å². The third-order valence-corrected chi connectivity index (χ3v) is 9.74. The number of H-pyrrole nitrogens is 1. The second-order valence-electron chi connectivity index (χ2n) is 13.3. The SMILES string of the molecule is CCCCCCCCCCC(=O)c1ccc2c(ccc3c4ccc5cc(C(=O)CCCCCCCCCC)ccc5c4[nH]c23)c1. The molecule has 45 heavy (non-hydrogen) atoms. The molecule has 0 aliphatic rings. The topological polar surface area (TPSA) is 49.9 Å². The molecule has 5 aromatic rings. The number of Topliss-reactive ketones (excluding diaryl/α,β-unsaturated/α-hetero) is 2. The summed E-state index contributed by atoms with van der Waals surface area (Å²) in [5, 5.41) is 6.83. The van der Waals surface area contributed by atoms with E-state index in [0.29, 0.717) is 12.8 Å². The minimum atomic E-state index is 0.249. The van der Waals surface area contributed by atoms with Crippen LogP contribution in [-0.4, -0.2) is 16.6 Å². The summed E-state index contributed by atoms with van der Waals surface area (Å²) in [4.78, 5) is 29.7. The number of rotatable bonds is 20. The van der Waals surface area contributed by atoms with Gasteiger partial charge in [0.05, 0.1) is 11.0 Å². The van der Waals surface area contributed by atoms with E-state index in [1.165, 1.54) is 87.8 Å². The highest BCUT2D eigenvalue weighted by Gasteiger charge is 2.14. The van der Waals surface area contributed by atoms with E-state index in [0.717, 1.165) is 69.4 Å². The lowest BCUT2D eigenvalue weighted by Gasteiger charge is -2.05. The van der Waals surface area contributed by atoms with Crippen LogP contribution in [-0.2, 0) is 0 Å². The Labute approximate surface area is 270 Å². The van der Waals surface area contributed by atoms with E-state index in [1.807, 2.05) is 12.1 Å². The third-order valence-electron chi connectivity index (χ3n) is 9.74. The monoisotopic (exact) mass is 603 g/mol. The molecule has 4 aromatic carbocycles. The number of hydrogen-bond acceptors (Lipinski definition) is 2. The number of nitrogens with one attached hydrogen (secondary N) is 1. The molecule has 0 spiro atoms. The summed E-state index contributed by atoms with van der Waals surface area (Å²) in [5.41, 5.74) is 3.84. The largest absolute Gasteiger partial charge is 0.353 e. The zero-order chi connectivity index (χ0) is 31.4. The van der Waals surface area contributed by atoms with Crippen molar-refractivity contribution in [2.45, 2.75) is 129 Å². The first-order valence-corrected chi connectivity index (χ1v) is 18.1. The van der Waals surface area contributed by atoms with Gasteiger partial charge in [-0.2, -0.15) is 0 Å². The number of carbonyl (C=O) groups excluding carboxylic acids is 2. The highest BCUT2D eigenvalue weighted by molar-refractivity contribution is 6.22. The summed E-state index contributed by atoms with van der Waals surface area (Å²) in [6.45, 7) is 4.50. The van der Waals surface area contributed by atoms with Crippen molar-refractivity contribution in [3.63, 3.8) is 0 Å². The summed E-state index contributed by atoms with van der Waals surface area (Å²) >= 11 is 0. The van der Waals surface area contributed by atoms with Crippen LogP contribution in [0.3, 0.4) is 0 Å². The van der Waals surface area contributed by atoms with E-state index in [1.54, 1.807) is 0 Å². The maximum Gasteiger partial charge on any atom is 0.162 e. The summed E-state index contributed by atoms with van der Waals surface area (Å²) in [6, 6.07) is 21.0. The highest BCUT2D eigenvalue weighted by atomic mass is 16.1. The number of unbranched alkanes of at least 4 members (excludes halogenated alkanes) is 14. The average Bonchev–Trinajstić information content (AvgIpc) is 3.46. The van der Waals surface area contributed by atoms with Crippen LogP contribution >= 0.6 is 0 Å². The van der Waals surface area contributed by atoms with Gasteiger partial charge in [0.15, 0.2) is 11.6 Å². The van der Waals surface area contributed by atoms with Crippen molar-refractivity contribution in [2.75, 3.05) is 0 Å². The minimum Gasteiger partial charge on any atom is -0.353 e. The fraction of sp³-hybridized carbons (Fsp3) is 0.476. The molecule has 1 aromatic heterocycles. The maximum absolute atomic E-state index is 13.0. The van der Waals surface area contributed by atoms with E-state index in [2.05, 4.69) is 67.4 Å². The predicted octanol–water partition coefficient (Wildman–Crippen LogP) is 13.1. The second kappa shape index (κ2) is 16.7. The van der Waals surface area contributed by atoms with Crippen molar-refractivity contribution in [3.8, 4) is 0 Å². The first-order valence-electron chi connectivity index (χ1n) is 18.1. The minimum absolute atomic E-state index is 0.249. The Morgan fingerprint density at radius 3 is 1.20 bits per heavy atom. The van der Waals surface area contributed by atoms with Gasteiger partial charge in [-0.15, -0.1) is 0 Å². The molecule has 3 heteroatoms. The van der Waals surface area contributed by atoms with Crippen LogP contribution in [0.25, 0.3) is 43.4 Å². The van der Waals surface area contributed by atoms with E-state index in [-0.39, 0.29) is 11.6 Å². The van der Waals surface area contributed by atoms with Gasteiger partial charge in [0.2, 0.25) is 0 Å². The zero-order valence-corrected chi connectivity index (χ0v) is 27.8. The number of fused-ring (bicyclic) bond motifs is 7. The Bertz CT molecular complexity index is 1600. The maximum atomic E-state index is 13.0. The van der Waals surface area contributed by atoms with Crippen LogP contribution in [0.5, 0.6) is 0 Å². The van der Waals surface area contributed by atoms with Crippen LogP contribution in [0.1, 0.15) is 150 Å². The van der Waals surface area contributed by atoms with E-state index in [9.17, 15) is 9.59 Å². The number of carbonyl (C=O) groups is 2. The van der Waals surface area contributed by atoms with Crippen molar-refractivity contribution >= 4 is 54.9 Å². The van der Waals surface area contributed by atoms with Gasteiger partial charge in [-0.05, 0) is 35.7 Å². The van der Waals surface area contributed by atoms with Crippen molar-refractivity contribution in [3.05, 3.63) is 71.8 Å². The standard InChI is InChI=1S/C42H53NO2/c1-3-5-7-9-11-13-15-17-19-39(44)33-23-25-35-31(29-33)21-27-37-38-28-22-32-30-34(24-26-36(32)42(38)43-41(35)37)40(45)20-18-16-14-12-10-8-6-4-2/h21-30,43H,3-20H2,1-2H3. The normalized spacial score (nSPS) is 11.8. The molecule has 0 radical (unpaired) electrons. The molecular formula is C42H53NO2. The van der Waals surface area contributed by atoms with Gasteiger partial charge >= 0.3 is 0 Å². The summed E-state index contributed by atoms with van der Waals surface area (Å²) < 4.78 is 0. The van der Waals surface area contributed by atoms with Crippen LogP contribution in [0.2, 0.25) is 0 Å². The van der Waals surface area contributed by atoms with Gasteiger partial charge in [0.25, 0.3) is 0 Å². The molecule has 0 aliphatic heterocycles. The molecule has 1 heterocycles. The number of hydrogen-bond donors (Lipinski definition) is 1. The molecule has 0 bridgehead atoms. The summed E-state index contributed by atoms with van der Waals surface area (Å²) in [5.74, 6) is 0.497.